The van der Waals surface area contributed by atoms with Crippen molar-refractivity contribution in [2.75, 3.05) is 6.54 Å². The second-order valence-corrected chi connectivity index (χ2v) is 4.39. The minimum Gasteiger partial charge on any atom is -0.307 e. The Hall–Kier alpha value is 0.820. The molecule has 1 nitrogen and oxygen atoms in total. The van der Waals surface area contributed by atoms with Gasteiger partial charge in [0, 0.05) is 5.52 Å². The quantitative estimate of drug-likeness (QED) is 0.483. The zero-order valence-electron chi connectivity index (χ0n) is 6.06. The summed E-state index contributed by atoms with van der Waals surface area (Å²) in [6.45, 7) is 3.37. The monoisotopic (exact) mass is 165 g/mol. The minimum atomic E-state index is 0.488. The smallest absolute Gasteiger partial charge is 0.0351 e. The van der Waals surface area contributed by atoms with Gasteiger partial charge in [0.05, 0.1) is 0 Å². The Balaban J connectivity index is 2.75. The molecule has 2 unspecified atom stereocenters. The van der Waals surface area contributed by atoms with E-state index in [1.165, 1.54) is 19.3 Å². The fraction of sp³-hybridized carbons (Fsp3) is 1.00. The van der Waals surface area contributed by atoms with E-state index >= 15 is 0 Å². The van der Waals surface area contributed by atoms with Crippen LogP contribution < -0.4 is 5.32 Å². The van der Waals surface area contributed by atoms with E-state index < -0.39 is 0 Å². The van der Waals surface area contributed by atoms with Gasteiger partial charge in [-0.1, -0.05) is 19.8 Å². The van der Waals surface area contributed by atoms with Gasteiger partial charge >= 0.3 is 0 Å². The Morgan fingerprint density at radius 2 is 2.00 bits per heavy atom. The minimum absolute atomic E-state index is 0.488. The van der Waals surface area contributed by atoms with Gasteiger partial charge in [0.2, 0.25) is 0 Å². The molecule has 0 spiro atoms. The molecule has 0 aliphatic heterocycles. The molecule has 0 bridgehead atoms. The van der Waals surface area contributed by atoms with Gasteiger partial charge < -0.3 is 5.32 Å². The Morgan fingerprint density at radius 3 is 2.44 bits per heavy atom. The first-order valence-corrected chi connectivity index (χ1v) is 4.85. The van der Waals surface area contributed by atoms with E-state index in [2.05, 4.69) is 30.7 Å². The van der Waals surface area contributed by atoms with E-state index in [4.69, 9.17) is 0 Å². The first-order valence-electron chi connectivity index (χ1n) is 3.52. The molecular weight excluding hydrogens is 148 g/mol. The van der Waals surface area contributed by atoms with Crippen LogP contribution in [-0.4, -0.2) is 12.1 Å². The second kappa shape index (κ2) is 6.93. The topological polar surface area (TPSA) is 12.0 Å². The lowest BCUT2D eigenvalue weighted by Crippen LogP contribution is -2.18. The molecule has 0 rings (SSSR count). The Bertz CT molecular complexity index is 57.0. The molecule has 0 saturated carbocycles. The summed E-state index contributed by atoms with van der Waals surface area (Å²) < 4.78 is 0. The summed E-state index contributed by atoms with van der Waals surface area (Å²) in [4.78, 5) is 0. The largest absolute Gasteiger partial charge is 0.307 e. The molecule has 56 valence electrons. The molecular formula is C6H17NP2. The predicted octanol–water partition coefficient (Wildman–Crippen LogP) is 1.80. The SMILES string of the molecule is CCCCCNC(P)P. The fourth-order valence-corrected chi connectivity index (χ4v) is 0.977. The molecule has 0 heterocycles. The summed E-state index contributed by atoms with van der Waals surface area (Å²) >= 11 is 0. The van der Waals surface area contributed by atoms with E-state index in [0.29, 0.717) is 5.52 Å². The third-order valence-electron chi connectivity index (χ3n) is 1.16. The van der Waals surface area contributed by atoms with Crippen LogP contribution in [0.1, 0.15) is 26.2 Å². The standard InChI is InChI=1S/C6H17NP2/c1-2-3-4-5-7-6(8)9/h6-7H,2-5,8-9H2,1H3. The zero-order chi connectivity index (χ0) is 7.11. The van der Waals surface area contributed by atoms with Crippen molar-refractivity contribution in [1.29, 1.82) is 0 Å². The maximum atomic E-state index is 3.31. The highest BCUT2D eigenvalue weighted by Crippen LogP contribution is 2.03. The van der Waals surface area contributed by atoms with Crippen LogP contribution >= 0.6 is 18.5 Å². The lowest BCUT2D eigenvalue weighted by Gasteiger charge is -2.05. The van der Waals surface area contributed by atoms with E-state index in [0.717, 1.165) is 6.54 Å². The van der Waals surface area contributed by atoms with E-state index in [1.807, 2.05) is 0 Å². The summed E-state index contributed by atoms with van der Waals surface area (Å²) in [6, 6.07) is 0. The van der Waals surface area contributed by atoms with Crippen LogP contribution in [0, 0.1) is 0 Å². The molecule has 0 aromatic rings. The summed E-state index contributed by atoms with van der Waals surface area (Å²) in [5.74, 6) is 0. The zero-order valence-corrected chi connectivity index (χ0v) is 8.37. The highest BCUT2D eigenvalue weighted by Gasteiger charge is 1.89. The van der Waals surface area contributed by atoms with Gasteiger partial charge in [-0.15, -0.1) is 18.5 Å². The van der Waals surface area contributed by atoms with Crippen molar-refractivity contribution < 1.29 is 0 Å². The number of hydrogen-bond acceptors (Lipinski definition) is 1. The van der Waals surface area contributed by atoms with E-state index in [1.54, 1.807) is 0 Å². The van der Waals surface area contributed by atoms with E-state index in [-0.39, 0.29) is 0 Å². The molecule has 9 heavy (non-hydrogen) atoms. The molecule has 1 N–H and O–H groups in total. The molecule has 0 fully saturated rings. The van der Waals surface area contributed by atoms with Crippen LogP contribution in [0.4, 0.5) is 0 Å². The van der Waals surface area contributed by atoms with Gasteiger partial charge in [0.25, 0.3) is 0 Å². The molecule has 2 atom stereocenters. The summed E-state index contributed by atoms with van der Waals surface area (Å²) in [7, 11) is 5.39. The van der Waals surface area contributed by atoms with Crippen molar-refractivity contribution in [3.8, 4) is 0 Å². The van der Waals surface area contributed by atoms with Crippen molar-refractivity contribution in [2.24, 2.45) is 0 Å². The van der Waals surface area contributed by atoms with Gasteiger partial charge in [-0.3, -0.25) is 0 Å². The number of hydrogen-bond donors (Lipinski definition) is 1. The Labute approximate surface area is 62.8 Å². The number of rotatable bonds is 5. The fourth-order valence-electron chi connectivity index (χ4n) is 0.644. The molecule has 0 aliphatic rings. The molecule has 0 amide bonds. The number of nitrogens with one attached hydrogen (secondary N) is 1. The van der Waals surface area contributed by atoms with Crippen LogP contribution in [-0.2, 0) is 0 Å². The van der Waals surface area contributed by atoms with Gasteiger partial charge in [0.15, 0.2) is 0 Å². The van der Waals surface area contributed by atoms with Crippen LogP contribution in [0.15, 0.2) is 0 Å². The highest BCUT2D eigenvalue weighted by atomic mass is 31.1. The van der Waals surface area contributed by atoms with Gasteiger partial charge in [-0.2, -0.15) is 0 Å². The second-order valence-electron chi connectivity index (χ2n) is 2.19. The van der Waals surface area contributed by atoms with Crippen molar-refractivity contribution in [3.05, 3.63) is 0 Å². The summed E-state index contributed by atoms with van der Waals surface area (Å²) in [5, 5.41) is 3.31. The van der Waals surface area contributed by atoms with Crippen molar-refractivity contribution in [3.63, 3.8) is 0 Å². The van der Waals surface area contributed by atoms with Crippen LogP contribution in [0.25, 0.3) is 0 Å². The van der Waals surface area contributed by atoms with Crippen molar-refractivity contribution in [2.45, 2.75) is 31.7 Å². The lowest BCUT2D eigenvalue weighted by atomic mass is 10.2. The number of unbranched alkanes of at least 4 members (excludes halogenated alkanes) is 2. The van der Waals surface area contributed by atoms with Crippen molar-refractivity contribution >= 4 is 18.5 Å². The maximum absolute atomic E-state index is 3.31. The Morgan fingerprint density at radius 1 is 1.33 bits per heavy atom. The van der Waals surface area contributed by atoms with Crippen LogP contribution in [0.5, 0.6) is 0 Å². The van der Waals surface area contributed by atoms with Gasteiger partial charge in [0.1, 0.15) is 0 Å². The normalized spacial score (nSPS) is 10.7. The molecule has 0 aromatic heterocycles. The maximum Gasteiger partial charge on any atom is 0.0351 e. The molecule has 0 aromatic carbocycles. The summed E-state index contributed by atoms with van der Waals surface area (Å²) in [5.41, 5.74) is 0.488. The first kappa shape index (κ1) is 9.82. The third-order valence-corrected chi connectivity index (χ3v) is 1.63. The van der Waals surface area contributed by atoms with Crippen molar-refractivity contribution in [1.82, 2.24) is 5.32 Å². The molecule has 3 heteroatoms. The third kappa shape index (κ3) is 8.82. The van der Waals surface area contributed by atoms with Crippen LogP contribution in [0.2, 0.25) is 0 Å². The first-order chi connectivity index (χ1) is 4.27. The average Bonchev–Trinajstić information content (AvgIpc) is 1.80. The highest BCUT2D eigenvalue weighted by molar-refractivity contribution is 7.37. The molecule has 0 saturated heterocycles. The molecule has 0 radical (unpaired) electrons. The average molecular weight is 165 g/mol. The molecule has 0 aliphatic carbocycles. The lowest BCUT2D eigenvalue weighted by molar-refractivity contribution is 0.649. The van der Waals surface area contributed by atoms with Gasteiger partial charge in [-0.25, -0.2) is 0 Å². The summed E-state index contributed by atoms with van der Waals surface area (Å²) in [6.07, 6.45) is 3.95. The van der Waals surface area contributed by atoms with Gasteiger partial charge in [-0.05, 0) is 13.0 Å². The predicted molar refractivity (Wildman–Crippen MR) is 50.7 cm³/mol. The van der Waals surface area contributed by atoms with E-state index in [9.17, 15) is 0 Å². The Kier molecular flexibility index (Phi) is 7.57. The van der Waals surface area contributed by atoms with Crippen LogP contribution in [0.3, 0.4) is 0 Å².